The van der Waals surface area contributed by atoms with Gasteiger partial charge in [0.2, 0.25) is 5.91 Å². The molecule has 0 heterocycles. The standard InChI is InChI=1S/C13H21N3O/c1-13(15,12(14)17)9-6-10-16(2)11-7-4-3-5-8-11/h3-5,7-8H,6,9-10,15H2,1-2H3,(H2,14,17). The number of hydrogen-bond acceptors (Lipinski definition) is 3. The van der Waals surface area contributed by atoms with Gasteiger partial charge in [-0.1, -0.05) is 18.2 Å². The molecule has 1 amide bonds. The van der Waals surface area contributed by atoms with Crippen molar-refractivity contribution in [2.45, 2.75) is 25.3 Å². The van der Waals surface area contributed by atoms with Crippen LogP contribution in [-0.2, 0) is 4.79 Å². The Balaban J connectivity index is 2.40. The molecule has 0 bridgehead atoms. The Hall–Kier alpha value is -1.55. The smallest absolute Gasteiger partial charge is 0.237 e. The molecular formula is C13H21N3O. The minimum Gasteiger partial charge on any atom is -0.375 e. The van der Waals surface area contributed by atoms with Crippen molar-refractivity contribution in [3.63, 3.8) is 0 Å². The van der Waals surface area contributed by atoms with Gasteiger partial charge in [0.15, 0.2) is 0 Å². The summed E-state index contributed by atoms with van der Waals surface area (Å²) in [6, 6.07) is 10.1. The van der Waals surface area contributed by atoms with E-state index >= 15 is 0 Å². The maximum absolute atomic E-state index is 11.1. The maximum atomic E-state index is 11.1. The van der Waals surface area contributed by atoms with Crippen LogP contribution in [0.1, 0.15) is 19.8 Å². The van der Waals surface area contributed by atoms with Crippen molar-refractivity contribution in [3.8, 4) is 0 Å². The lowest BCUT2D eigenvalue weighted by molar-refractivity contribution is -0.122. The number of amides is 1. The number of carbonyl (C=O) groups excluding carboxylic acids is 1. The molecule has 94 valence electrons. The molecule has 0 aromatic heterocycles. The molecule has 1 atom stereocenters. The van der Waals surface area contributed by atoms with Crippen molar-refractivity contribution in [1.82, 2.24) is 0 Å². The summed E-state index contributed by atoms with van der Waals surface area (Å²) in [4.78, 5) is 13.2. The third-order valence-electron chi connectivity index (χ3n) is 2.95. The van der Waals surface area contributed by atoms with Crippen molar-refractivity contribution in [1.29, 1.82) is 0 Å². The number of hydrogen-bond donors (Lipinski definition) is 2. The summed E-state index contributed by atoms with van der Waals surface area (Å²) in [7, 11) is 2.02. The van der Waals surface area contributed by atoms with E-state index in [2.05, 4.69) is 17.0 Å². The van der Waals surface area contributed by atoms with Crippen LogP contribution in [0.15, 0.2) is 30.3 Å². The number of rotatable bonds is 6. The summed E-state index contributed by atoms with van der Waals surface area (Å²) in [6.45, 7) is 2.53. The van der Waals surface area contributed by atoms with Crippen LogP contribution in [0.2, 0.25) is 0 Å². The van der Waals surface area contributed by atoms with Crippen molar-refractivity contribution >= 4 is 11.6 Å². The van der Waals surface area contributed by atoms with Gasteiger partial charge in [0.25, 0.3) is 0 Å². The van der Waals surface area contributed by atoms with E-state index in [9.17, 15) is 4.79 Å². The number of carbonyl (C=O) groups is 1. The van der Waals surface area contributed by atoms with E-state index in [1.807, 2.05) is 25.2 Å². The van der Waals surface area contributed by atoms with Crippen LogP contribution in [0.3, 0.4) is 0 Å². The summed E-state index contributed by atoms with van der Waals surface area (Å²) < 4.78 is 0. The maximum Gasteiger partial charge on any atom is 0.237 e. The largest absolute Gasteiger partial charge is 0.375 e. The van der Waals surface area contributed by atoms with Gasteiger partial charge in [-0.2, -0.15) is 0 Å². The van der Waals surface area contributed by atoms with E-state index in [0.717, 1.165) is 18.7 Å². The zero-order chi connectivity index (χ0) is 12.9. The van der Waals surface area contributed by atoms with E-state index in [0.29, 0.717) is 6.42 Å². The lowest BCUT2D eigenvalue weighted by Crippen LogP contribution is -2.49. The molecule has 0 spiro atoms. The predicted molar refractivity (Wildman–Crippen MR) is 70.7 cm³/mol. The quantitative estimate of drug-likeness (QED) is 0.775. The third kappa shape index (κ3) is 4.07. The fraction of sp³-hybridized carbons (Fsp3) is 0.462. The predicted octanol–water partition coefficient (Wildman–Crippen LogP) is 1.11. The summed E-state index contributed by atoms with van der Waals surface area (Å²) in [5.41, 5.74) is 11.3. The molecule has 0 aliphatic heterocycles. The number of primary amides is 1. The van der Waals surface area contributed by atoms with Gasteiger partial charge in [0.05, 0.1) is 5.54 Å². The lowest BCUT2D eigenvalue weighted by atomic mass is 9.96. The van der Waals surface area contributed by atoms with Crippen LogP contribution in [0, 0.1) is 0 Å². The average Bonchev–Trinajstić information content (AvgIpc) is 2.29. The second-order valence-electron chi connectivity index (χ2n) is 4.64. The molecular weight excluding hydrogens is 214 g/mol. The van der Waals surface area contributed by atoms with Crippen LogP contribution in [0.5, 0.6) is 0 Å². The first kappa shape index (κ1) is 13.5. The second kappa shape index (κ2) is 5.68. The zero-order valence-corrected chi connectivity index (χ0v) is 10.5. The second-order valence-corrected chi connectivity index (χ2v) is 4.64. The van der Waals surface area contributed by atoms with Gasteiger partial charge in [-0.15, -0.1) is 0 Å². The Labute approximate surface area is 103 Å². The molecule has 0 aliphatic carbocycles. The number of anilines is 1. The van der Waals surface area contributed by atoms with Crippen molar-refractivity contribution in [2.24, 2.45) is 11.5 Å². The van der Waals surface area contributed by atoms with Gasteiger partial charge in [-0.3, -0.25) is 4.79 Å². The number of benzene rings is 1. The summed E-state index contributed by atoms with van der Waals surface area (Å²) in [5, 5.41) is 0. The fourth-order valence-corrected chi connectivity index (χ4v) is 1.62. The van der Waals surface area contributed by atoms with E-state index in [-0.39, 0.29) is 0 Å². The zero-order valence-electron chi connectivity index (χ0n) is 10.5. The highest BCUT2D eigenvalue weighted by atomic mass is 16.1. The minimum absolute atomic E-state index is 0.445. The van der Waals surface area contributed by atoms with Crippen molar-refractivity contribution in [3.05, 3.63) is 30.3 Å². The van der Waals surface area contributed by atoms with Crippen molar-refractivity contribution < 1.29 is 4.79 Å². The molecule has 0 saturated carbocycles. The summed E-state index contributed by atoms with van der Waals surface area (Å²) >= 11 is 0. The Morgan fingerprint density at radius 2 is 1.94 bits per heavy atom. The molecule has 17 heavy (non-hydrogen) atoms. The summed E-state index contributed by atoms with van der Waals surface area (Å²) in [6.07, 6.45) is 1.43. The van der Waals surface area contributed by atoms with Gasteiger partial charge in [-0.05, 0) is 31.9 Å². The van der Waals surface area contributed by atoms with Crippen LogP contribution in [0.4, 0.5) is 5.69 Å². The van der Waals surface area contributed by atoms with Gasteiger partial charge in [0, 0.05) is 19.3 Å². The monoisotopic (exact) mass is 235 g/mol. The Kier molecular flexibility index (Phi) is 4.52. The number of para-hydroxylation sites is 1. The molecule has 0 fully saturated rings. The SMILES string of the molecule is CN(CCCC(C)(N)C(N)=O)c1ccccc1. The van der Waals surface area contributed by atoms with E-state index in [4.69, 9.17) is 11.5 Å². The van der Waals surface area contributed by atoms with Crippen molar-refractivity contribution in [2.75, 3.05) is 18.5 Å². The Morgan fingerprint density at radius 1 is 1.35 bits per heavy atom. The van der Waals surface area contributed by atoms with Crippen LogP contribution < -0.4 is 16.4 Å². The first-order chi connectivity index (χ1) is 7.93. The Bertz CT molecular complexity index is 362. The number of nitrogens with two attached hydrogens (primary N) is 2. The fourth-order valence-electron chi connectivity index (χ4n) is 1.62. The van der Waals surface area contributed by atoms with E-state index in [1.54, 1.807) is 6.92 Å². The highest BCUT2D eigenvalue weighted by Gasteiger charge is 2.24. The molecule has 4 nitrogen and oxygen atoms in total. The van der Waals surface area contributed by atoms with E-state index in [1.165, 1.54) is 0 Å². The lowest BCUT2D eigenvalue weighted by Gasteiger charge is -2.23. The van der Waals surface area contributed by atoms with Gasteiger partial charge >= 0.3 is 0 Å². The molecule has 1 aromatic rings. The molecule has 0 saturated heterocycles. The highest BCUT2D eigenvalue weighted by molar-refractivity contribution is 5.83. The molecule has 4 N–H and O–H groups in total. The highest BCUT2D eigenvalue weighted by Crippen LogP contribution is 2.14. The topological polar surface area (TPSA) is 72.3 Å². The normalized spacial score (nSPS) is 14.1. The molecule has 0 aliphatic rings. The van der Waals surface area contributed by atoms with E-state index < -0.39 is 11.4 Å². The summed E-state index contributed by atoms with van der Waals surface area (Å²) in [5.74, 6) is -0.445. The molecule has 0 radical (unpaired) electrons. The van der Waals surface area contributed by atoms with Crippen LogP contribution in [-0.4, -0.2) is 25.0 Å². The molecule has 4 heteroatoms. The van der Waals surface area contributed by atoms with Crippen LogP contribution in [0.25, 0.3) is 0 Å². The molecule has 1 unspecified atom stereocenters. The van der Waals surface area contributed by atoms with Gasteiger partial charge < -0.3 is 16.4 Å². The Morgan fingerprint density at radius 3 is 2.47 bits per heavy atom. The molecule has 1 aromatic carbocycles. The van der Waals surface area contributed by atoms with Gasteiger partial charge in [0.1, 0.15) is 0 Å². The third-order valence-corrected chi connectivity index (χ3v) is 2.95. The first-order valence-electron chi connectivity index (χ1n) is 5.78. The van der Waals surface area contributed by atoms with Gasteiger partial charge in [-0.25, -0.2) is 0 Å². The van der Waals surface area contributed by atoms with Crippen LogP contribution >= 0.6 is 0 Å². The molecule has 1 rings (SSSR count). The average molecular weight is 235 g/mol. The first-order valence-corrected chi connectivity index (χ1v) is 5.78. The minimum atomic E-state index is -0.905. The number of nitrogens with zero attached hydrogens (tertiary/aromatic N) is 1.